The first kappa shape index (κ1) is 65.3. The van der Waals surface area contributed by atoms with Crippen LogP contribution < -0.4 is 0 Å². The van der Waals surface area contributed by atoms with Crippen LogP contribution in [0.1, 0.15) is 265 Å². The van der Waals surface area contributed by atoms with Gasteiger partial charge in [-0.25, -0.2) is 0 Å². The van der Waals surface area contributed by atoms with Crippen LogP contribution in [0.3, 0.4) is 0 Å². The van der Waals surface area contributed by atoms with Gasteiger partial charge in [0, 0.05) is 19.3 Å². The number of carbonyl (C=O) groups is 3. The van der Waals surface area contributed by atoms with Crippen molar-refractivity contribution in [1.82, 2.24) is 0 Å². The molecule has 0 amide bonds. The Labute approximate surface area is 426 Å². The molecule has 0 aromatic rings. The Morgan fingerprint density at radius 3 is 1.00 bits per heavy atom. The molecule has 0 aliphatic heterocycles. The van der Waals surface area contributed by atoms with Crippen LogP contribution in [-0.2, 0) is 28.6 Å². The number of ether oxygens (including phenoxy) is 3. The molecule has 0 heterocycles. The average molecular weight is 960 g/mol. The lowest BCUT2D eigenvalue weighted by atomic mass is 10.0. The van der Waals surface area contributed by atoms with Gasteiger partial charge in [-0.15, -0.1) is 0 Å². The van der Waals surface area contributed by atoms with Gasteiger partial charge >= 0.3 is 17.9 Å². The van der Waals surface area contributed by atoms with Crippen LogP contribution >= 0.6 is 0 Å². The van der Waals surface area contributed by atoms with Crippen LogP contribution in [0.4, 0.5) is 0 Å². The number of carbonyl (C=O) groups excluding carboxylic acids is 3. The molecule has 69 heavy (non-hydrogen) atoms. The predicted octanol–water partition coefficient (Wildman–Crippen LogP) is 19.3. The molecule has 0 aliphatic carbocycles. The van der Waals surface area contributed by atoms with Crippen molar-refractivity contribution < 1.29 is 28.6 Å². The van der Waals surface area contributed by atoms with Crippen molar-refractivity contribution in [2.45, 2.75) is 271 Å². The zero-order valence-electron chi connectivity index (χ0n) is 45.0. The number of hydrogen-bond donors (Lipinski definition) is 0. The lowest BCUT2D eigenvalue weighted by molar-refractivity contribution is -0.166. The normalized spacial score (nSPS) is 12.8. The maximum absolute atomic E-state index is 12.9. The smallest absolute Gasteiger partial charge is 0.306 e. The summed E-state index contributed by atoms with van der Waals surface area (Å²) in [5.74, 6) is -0.993. The summed E-state index contributed by atoms with van der Waals surface area (Å²) in [6, 6.07) is 0. The van der Waals surface area contributed by atoms with Crippen LogP contribution in [0.25, 0.3) is 0 Å². The average Bonchev–Trinajstić information content (AvgIpc) is 3.35. The highest BCUT2D eigenvalue weighted by Gasteiger charge is 2.19. The quantitative estimate of drug-likeness (QED) is 0.0262. The van der Waals surface area contributed by atoms with Crippen molar-refractivity contribution in [2.75, 3.05) is 13.2 Å². The van der Waals surface area contributed by atoms with Gasteiger partial charge < -0.3 is 14.2 Å². The lowest BCUT2D eigenvalue weighted by Crippen LogP contribution is -2.30. The van der Waals surface area contributed by atoms with Gasteiger partial charge in [0.2, 0.25) is 0 Å². The first-order valence-electron chi connectivity index (χ1n) is 28.7. The second-order valence-corrected chi connectivity index (χ2v) is 18.8. The van der Waals surface area contributed by atoms with Gasteiger partial charge in [-0.3, -0.25) is 14.4 Å². The number of allylic oxidation sites excluding steroid dienone is 16. The third-order valence-electron chi connectivity index (χ3n) is 12.1. The molecule has 6 nitrogen and oxygen atoms in total. The fourth-order valence-electron chi connectivity index (χ4n) is 7.79. The molecule has 0 aromatic carbocycles. The van der Waals surface area contributed by atoms with E-state index in [-0.39, 0.29) is 37.5 Å². The third-order valence-corrected chi connectivity index (χ3v) is 12.1. The summed E-state index contributed by atoms with van der Waals surface area (Å²) >= 11 is 0. The first-order chi connectivity index (χ1) is 34.0. The Hall–Kier alpha value is -3.67. The number of unbranched alkanes of at least 4 members (excludes halogenated alkanes) is 24. The SMILES string of the molecule is CC/C=C\C/C=C\C/C=C\C/C=C\C/C=C\C/C=C\CCC(=O)OCC(COC(=O)CCCCCCCCCCCCCCCCC)OC(=O)CCCCCCCCC/C=C\C/C=C\CCCCC. The fourth-order valence-corrected chi connectivity index (χ4v) is 7.79. The van der Waals surface area contributed by atoms with Crippen molar-refractivity contribution in [1.29, 1.82) is 0 Å². The zero-order valence-corrected chi connectivity index (χ0v) is 45.0. The Morgan fingerprint density at radius 1 is 0.304 bits per heavy atom. The predicted molar refractivity (Wildman–Crippen MR) is 297 cm³/mol. The van der Waals surface area contributed by atoms with E-state index in [0.29, 0.717) is 19.3 Å². The summed E-state index contributed by atoms with van der Waals surface area (Å²) in [4.78, 5) is 38.1. The van der Waals surface area contributed by atoms with Crippen molar-refractivity contribution in [2.24, 2.45) is 0 Å². The van der Waals surface area contributed by atoms with Crippen LogP contribution in [0.15, 0.2) is 97.2 Å². The highest BCUT2D eigenvalue weighted by molar-refractivity contribution is 5.71. The molecule has 0 bridgehead atoms. The largest absolute Gasteiger partial charge is 0.462 e. The van der Waals surface area contributed by atoms with Crippen molar-refractivity contribution in [3.63, 3.8) is 0 Å². The highest BCUT2D eigenvalue weighted by atomic mass is 16.6. The van der Waals surface area contributed by atoms with Crippen LogP contribution in [0.5, 0.6) is 0 Å². The molecule has 0 saturated heterocycles. The van der Waals surface area contributed by atoms with E-state index in [1.54, 1.807) is 0 Å². The summed E-state index contributed by atoms with van der Waals surface area (Å²) in [6.07, 6.45) is 75.5. The molecule has 1 unspecified atom stereocenters. The number of hydrogen-bond acceptors (Lipinski definition) is 6. The molecular weight excluding hydrogens is 853 g/mol. The summed E-state index contributed by atoms with van der Waals surface area (Å²) in [6.45, 7) is 6.44. The molecule has 0 fully saturated rings. The fraction of sp³-hybridized carbons (Fsp3) is 0.698. The molecule has 0 rings (SSSR count). The molecule has 394 valence electrons. The molecule has 0 aromatic heterocycles. The van der Waals surface area contributed by atoms with Crippen LogP contribution in [0.2, 0.25) is 0 Å². The summed E-state index contributed by atoms with van der Waals surface area (Å²) in [5.41, 5.74) is 0. The molecule has 6 heteroatoms. The number of rotatable bonds is 51. The van der Waals surface area contributed by atoms with Crippen LogP contribution in [-0.4, -0.2) is 37.2 Å². The van der Waals surface area contributed by atoms with E-state index in [9.17, 15) is 14.4 Å². The van der Waals surface area contributed by atoms with Crippen molar-refractivity contribution in [3.05, 3.63) is 97.2 Å². The Balaban J connectivity index is 4.51. The number of esters is 3. The summed E-state index contributed by atoms with van der Waals surface area (Å²) in [5, 5.41) is 0. The van der Waals surface area contributed by atoms with Gasteiger partial charge in [-0.05, 0) is 89.9 Å². The van der Waals surface area contributed by atoms with Crippen LogP contribution in [0, 0.1) is 0 Å². The van der Waals surface area contributed by atoms with E-state index in [2.05, 4.69) is 112 Å². The minimum Gasteiger partial charge on any atom is -0.462 e. The summed E-state index contributed by atoms with van der Waals surface area (Å²) < 4.78 is 16.8. The van der Waals surface area contributed by atoms with Gasteiger partial charge in [0.15, 0.2) is 6.10 Å². The van der Waals surface area contributed by atoms with Gasteiger partial charge in [0.1, 0.15) is 13.2 Å². The Bertz CT molecular complexity index is 1380. The minimum atomic E-state index is -0.812. The molecule has 1 atom stereocenters. The molecule has 0 N–H and O–H groups in total. The topological polar surface area (TPSA) is 78.9 Å². The standard InChI is InChI=1S/C63H106O6/c1-4-7-10-13-16-19-22-25-28-30-31-33-35-38-41-44-47-50-53-56-62(65)68-59-60(58-67-61(64)55-52-49-46-43-40-37-34-27-24-21-18-15-12-9-6-3)69-63(66)57-54-51-48-45-42-39-36-32-29-26-23-20-17-14-11-8-5-2/h7,10,16-17,19-20,25-26,28-29,31,33,38,41,47,50,60H,4-6,8-9,11-15,18,21-24,27,30,32,34-37,39-40,42-46,48-49,51-59H2,1-3H3/b10-7-,19-16-,20-17-,28-25-,29-26-,33-31-,41-38-,50-47-. The monoisotopic (exact) mass is 959 g/mol. The minimum absolute atomic E-state index is 0.102. The Morgan fingerprint density at radius 2 is 0.594 bits per heavy atom. The second kappa shape index (κ2) is 56.9. The third kappa shape index (κ3) is 55.1. The molecule has 0 saturated carbocycles. The second-order valence-electron chi connectivity index (χ2n) is 18.8. The van der Waals surface area contributed by atoms with Crippen molar-refractivity contribution in [3.8, 4) is 0 Å². The highest BCUT2D eigenvalue weighted by Crippen LogP contribution is 2.15. The van der Waals surface area contributed by atoms with E-state index in [1.165, 1.54) is 128 Å². The molecule has 0 aliphatic rings. The molecular formula is C63H106O6. The van der Waals surface area contributed by atoms with E-state index in [0.717, 1.165) is 89.9 Å². The maximum atomic E-state index is 12.9. The zero-order chi connectivity index (χ0) is 50.0. The van der Waals surface area contributed by atoms with Gasteiger partial charge in [-0.2, -0.15) is 0 Å². The van der Waals surface area contributed by atoms with E-state index < -0.39 is 6.10 Å². The van der Waals surface area contributed by atoms with Crippen molar-refractivity contribution >= 4 is 17.9 Å². The van der Waals surface area contributed by atoms with E-state index >= 15 is 0 Å². The van der Waals surface area contributed by atoms with Gasteiger partial charge in [0.25, 0.3) is 0 Å². The molecule has 0 spiro atoms. The van der Waals surface area contributed by atoms with E-state index in [1.807, 2.05) is 6.08 Å². The first-order valence-corrected chi connectivity index (χ1v) is 28.7. The maximum Gasteiger partial charge on any atom is 0.306 e. The Kier molecular flexibility index (Phi) is 53.9. The lowest BCUT2D eigenvalue weighted by Gasteiger charge is -2.18. The van der Waals surface area contributed by atoms with Gasteiger partial charge in [0.05, 0.1) is 0 Å². The van der Waals surface area contributed by atoms with E-state index in [4.69, 9.17) is 14.2 Å². The van der Waals surface area contributed by atoms with Gasteiger partial charge in [-0.1, -0.05) is 253 Å². The molecule has 0 radical (unpaired) electrons. The summed E-state index contributed by atoms with van der Waals surface area (Å²) in [7, 11) is 0.